The zero-order chi connectivity index (χ0) is 12.6. The second-order valence-electron chi connectivity index (χ2n) is 4.35. The molecule has 3 heteroatoms. The number of nitrogens with zero attached hydrogens (tertiary/aromatic N) is 2. The minimum absolute atomic E-state index is 0.135. The van der Waals surface area contributed by atoms with E-state index in [0.717, 1.165) is 16.9 Å². The Labute approximate surface area is 101 Å². The number of halogens is 1. The summed E-state index contributed by atoms with van der Waals surface area (Å²) in [5.74, 6) is 0.863. The van der Waals surface area contributed by atoms with Crippen molar-refractivity contribution in [3.8, 4) is 0 Å². The maximum atomic E-state index is 13.5. The summed E-state index contributed by atoms with van der Waals surface area (Å²) in [7, 11) is 0. The molecule has 0 amide bonds. The Morgan fingerprint density at radius 2 is 1.88 bits per heavy atom. The van der Waals surface area contributed by atoms with E-state index >= 15 is 0 Å². The number of hydrogen-bond donors (Lipinski definition) is 0. The number of hydrogen-bond acceptors (Lipinski definition) is 1. The fourth-order valence-corrected chi connectivity index (χ4v) is 2.13. The highest BCUT2D eigenvalue weighted by Crippen LogP contribution is 2.38. The zero-order valence-corrected chi connectivity index (χ0v) is 10.9. The summed E-state index contributed by atoms with van der Waals surface area (Å²) in [5, 5.41) is 0. The minimum atomic E-state index is -0.135. The van der Waals surface area contributed by atoms with E-state index in [-0.39, 0.29) is 5.82 Å². The van der Waals surface area contributed by atoms with Gasteiger partial charge in [0.15, 0.2) is 0 Å². The standard InChI is InChI=1S/C12H13FN2.C2H6/c1-7-5-11-12(6-10(7)13)15(8(2)14-11)9-3-4-9;1-2/h5-6,9H,3-4H2,1-2H3;1-2H3. The normalized spacial score (nSPS) is 14.6. The summed E-state index contributed by atoms with van der Waals surface area (Å²) in [4.78, 5) is 4.47. The van der Waals surface area contributed by atoms with Gasteiger partial charge in [-0.25, -0.2) is 9.37 Å². The van der Waals surface area contributed by atoms with Gasteiger partial charge < -0.3 is 4.57 Å². The average molecular weight is 234 g/mol. The second-order valence-corrected chi connectivity index (χ2v) is 4.35. The predicted molar refractivity (Wildman–Crippen MR) is 68.8 cm³/mol. The molecule has 1 aromatic heterocycles. The smallest absolute Gasteiger partial charge is 0.128 e. The largest absolute Gasteiger partial charge is 0.325 e. The molecule has 1 aliphatic carbocycles. The second kappa shape index (κ2) is 4.47. The van der Waals surface area contributed by atoms with Crippen molar-refractivity contribution in [1.82, 2.24) is 9.55 Å². The van der Waals surface area contributed by atoms with Crippen molar-refractivity contribution in [3.05, 3.63) is 29.3 Å². The lowest BCUT2D eigenvalue weighted by molar-refractivity contribution is 0.618. The van der Waals surface area contributed by atoms with Crippen LogP contribution in [-0.4, -0.2) is 9.55 Å². The first kappa shape index (κ1) is 12.1. The van der Waals surface area contributed by atoms with Crippen LogP contribution in [0.1, 0.15) is 44.1 Å². The Morgan fingerprint density at radius 1 is 1.24 bits per heavy atom. The molecule has 1 aromatic carbocycles. The van der Waals surface area contributed by atoms with Gasteiger partial charge in [-0.3, -0.25) is 0 Å². The van der Waals surface area contributed by atoms with Crippen molar-refractivity contribution in [2.45, 2.75) is 46.6 Å². The van der Waals surface area contributed by atoms with Crippen LogP contribution in [0.5, 0.6) is 0 Å². The van der Waals surface area contributed by atoms with Gasteiger partial charge in [0.25, 0.3) is 0 Å². The highest BCUT2D eigenvalue weighted by molar-refractivity contribution is 5.77. The summed E-state index contributed by atoms with van der Waals surface area (Å²) in [6.07, 6.45) is 2.39. The van der Waals surface area contributed by atoms with Crippen molar-refractivity contribution >= 4 is 11.0 Å². The van der Waals surface area contributed by atoms with Gasteiger partial charge in [0, 0.05) is 12.1 Å². The van der Waals surface area contributed by atoms with E-state index in [4.69, 9.17) is 0 Å². The summed E-state index contributed by atoms with van der Waals surface area (Å²) < 4.78 is 15.6. The third-order valence-corrected chi connectivity index (χ3v) is 3.06. The quantitative estimate of drug-likeness (QED) is 0.724. The first-order valence-electron chi connectivity index (χ1n) is 6.31. The monoisotopic (exact) mass is 234 g/mol. The van der Waals surface area contributed by atoms with Crippen molar-refractivity contribution in [2.75, 3.05) is 0 Å². The molecule has 92 valence electrons. The van der Waals surface area contributed by atoms with E-state index in [0.29, 0.717) is 11.6 Å². The maximum Gasteiger partial charge on any atom is 0.128 e. The summed E-state index contributed by atoms with van der Waals surface area (Å²) in [5.41, 5.74) is 2.53. The molecule has 0 radical (unpaired) electrons. The van der Waals surface area contributed by atoms with Crippen LogP contribution in [0.4, 0.5) is 4.39 Å². The van der Waals surface area contributed by atoms with Gasteiger partial charge in [-0.2, -0.15) is 0 Å². The van der Waals surface area contributed by atoms with Crippen LogP contribution in [0.2, 0.25) is 0 Å². The molecule has 0 aliphatic heterocycles. The van der Waals surface area contributed by atoms with E-state index < -0.39 is 0 Å². The van der Waals surface area contributed by atoms with Crippen molar-refractivity contribution in [3.63, 3.8) is 0 Å². The Morgan fingerprint density at radius 3 is 2.47 bits per heavy atom. The zero-order valence-electron chi connectivity index (χ0n) is 10.9. The van der Waals surface area contributed by atoms with Crippen LogP contribution in [0, 0.1) is 19.7 Å². The molecule has 0 bridgehead atoms. The molecule has 1 saturated carbocycles. The Bertz CT molecular complexity index is 539. The number of aryl methyl sites for hydroxylation is 2. The molecule has 1 fully saturated rings. The molecule has 2 nitrogen and oxygen atoms in total. The van der Waals surface area contributed by atoms with Crippen LogP contribution in [0.15, 0.2) is 12.1 Å². The van der Waals surface area contributed by atoms with Crippen LogP contribution in [0.25, 0.3) is 11.0 Å². The Kier molecular flexibility index (Phi) is 3.18. The van der Waals surface area contributed by atoms with Gasteiger partial charge in [-0.15, -0.1) is 0 Å². The summed E-state index contributed by atoms with van der Waals surface area (Å²) >= 11 is 0. The van der Waals surface area contributed by atoms with Gasteiger partial charge >= 0.3 is 0 Å². The lowest BCUT2D eigenvalue weighted by Crippen LogP contribution is -1.96. The fourth-order valence-electron chi connectivity index (χ4n) is 2.13. The molecule has 0 N–H and O–H groups in total. The Balaban J connectivity index is 0.000000514. The third-order valence-electron chi connectivity index (χ3n) is 3.06. The van der Waals surface area contributed by atoms with E-state index in [1.54, 1.807) is 13.0 Å². The van der Waals surface area contributed by atoms with Crippen LogP contribution < -0.4 is 0 Å². The molecule has 2 aromatic rings. The van der Waals surface area contributed by atoms with Gasteiger partial charge in [0.1, 0.15) is 11.6 Å². The number of imidazole rings is 1. The van der Waals surface area contributed by atoms with Crippen molar-refractivity contribution in [1.29, 1.82) is 0 Å². The van der Waals surface area contributed by atoms with E-state index in [1.807, 2.05) is 26.8 Å². The lowest BCUT2D eigenvalue weighted by Gasteiger charge is -2.04. The van der Waals surface area contributed by atoms with Crippen LogP contribution in [-0.2, 0) is 0 Å². The third kappa shape index (κ3) is 2.06. The molecular formula is C14H19FN2. The van der Waals surface area contributed by atoms with Crippen molar-refractivity contribution in [2.24, 2.45) is 0 Å². The molecule has 1 heterocycles. The first-order chi connectivity index (χ1) is 8.16. The molecule has 1 aliphatic rings. The van der Waals surface area contributed by atoms with Gasteiger partial charge in [-0.1, -0.05) is 13.8 Å². The minimum Gasteiger partial charge on any atom is -0.325 e. The molecule has 0 saturated heterocycles. The SMILES string of the molecule is CC.Cc1cc2nc(C)n(C3CC3)c2cc1F. The number of benzene rings is 1. The van der Waals surface area contributed by atoms with Crippen molar-refractivity contribution < 1.29 is 4.39 Å². The molecular weight excluding hydrogens is 215 g/mol. The number of fused-ring (bicyclic) bond motifs is 1. The average Bonchev–Trinajstić information content (AvgIpc) is 3.08. The van der Waals surface area contributed by atoms with Crippen LogP contribution in [0.3, 0.4) is 0 Å². The molecule has 0 atom stereocenters. The summed E-state index contributed by atoms with van der Waals surface area (Å²) in [6.45, 7) is 7.77. The van der Waals surface area contributed by atoms with E-state index in [9.17, 15) is 4.39 Å². The summed E-state index contributed by atoms with van der Waals surface area (Å²) in [6, 6.07) is 4.00. The van der Waals surface area contributed by atoms with E-state index in [1.165, 1.54) is 12.8 Å². The highest BCUT2D eigenvalue weighted by atomic mass is 19.1. The number of aromatic nitrogens is 2. The maximum absolute atomic E-state index is 13.5. The lowest BCUT2D eigenvalue weighted by atomic mass is 10.2. The molecule has 0 unspecified atom stereocenters. The first-order valence-corrected chi connectivity index (χ1v) is 6.31. The fraction of sp³-hybridized carbons (Fsp3) is 0.500. The molecule has 0 spiro atoms. The van der Waals surface area contributed by atoms with Crippen LogP contribution >= 0.6 is 0 Å². The molecule has 3 rings (SSSR count). The topological polar surface area (TPSA) is 17.8 Å². The van der Waals surface area contributed by atoms with E-state index in [2.05, 4.69) is 9.55 Å². The Hall–Kier alpha value is -1.38. The number of rotatable bonds is 1. The highest BCUT2D eigenvalue weighted by Gasteiger charge is 2.27. The van der Waals surface area contributed by atoms with Gasteiger partial charge in [0.05, 0.1) is 11.0 Å². The predicted octanol–water partition coefficient (Wildman–Crippen LogP) is 4.15. The molecule has 17 heavy (non-hydrogen) atoms. The van der Waals surface area contributed by atoms with Gasteiger partial charge in [-0.05, 0) is 38.3 Å². The van der Waals surface area contributed by atoms with Gasteiger partial charge in [0.2, 0.25) is 0 Å².